The average molecular weight is 281 g/mol. The first kappa shape index (κ1) is 14.9. The highest BCUT2D eigenvalue weighted by atomic mass is 19.1. The van der Waals surface area contributed by atoms with Gasteiger partial charge in [-0.3, -0.25) is 9.69 Å². The number of carboxylic acid groups (broad SMARTS) is 1. The topological polar surface area (TPSA) is 49.8 Å². The van der Waals surface area contributed by atoms with Crippen molar-refractivity contribution in [2.75, 3.05) is 19.8 Å². The lowest BCUT2D eigenvalue weighted by Gasteiger charge is -2.30. The van der Waals surface area contributed by atoms with E-state index in [4.69, 9.17) is 4.74 Å². The second-order valence-corrected chi connectivity index (χ2v) is 5.15. The lowest BCUT2D eigenvalue weighted by atomic mass is 10.0. The predicted molar refractivity (Wildman–Crippen MR) is 72.8 cm³/mol. The largest absolute Gasteiger partial charge is 0.481 e. The molecule has 1 aliphatic heterocycles. The predicted octanol–water partition coefficient (Wildman–Crippen LogP) is 2.14. The number of rotatable bonds is 6. The summed E-state index contributed by atoms with van der Waals surface area (Å²) >= 11 is 0. The molecule has 1 heterocycles. The normalized spacial score (nSPS) is 22.4. The van der Waals surface area contributed by atoms with Gasteiger partial charge in [-0.1, -0.05) is 19.1 Å². The molecule has 5 heteroatoms. The molecule has 1 fully saturated rings. The van der Waals surface area contributed by atoms with Crippen molar-refractivity contribution in [1.82, 2.24) is 4.90 Å². The molecule has 0 radical (unpaired) electrons. The molecule has 110 valence electrons. The van der Waals surface area contributed by atoms with Crippen LogP contribution in [-0.4, -0.2) is 41.8 Å². The SMILES string of the molecule is CCCN(Cc1ccc(F)cc1)C1COCC1C(=O)O. The Labute approximate surface area is 118 Å². The maximum atomic E-state index is 12.9. The van der Waals surface area contributed by atoms with E-state index >= 15 is 0 Å². The minimum atomic E-state index is -0.812. The van der Waals surface area contributed by atoms with Gasteiger partial charge in [0.25, 0.3) is 0 Å². The number of halogens is 1. The highest BCUT2D eigenvalue weighted by Gasteiger charge is 2.37. The number of hydrogen-bond acceptors (Lipinski definition) is 3. The molecule has 2 atom stereocenters. The molecule has 4 nitrogen and oxygen atoms in total. The fourth-order valence-corrected chi connectivity index (χ4v) is 2.61. The van der Waals surface area contributed by atoms with Crippen LogP contribution in [0, 0.1) is 11.7 Å². The third-order valence-corrected chi connectivity index (χ3v) is 3.65. The summed E-state index contributed by atoms with van der Waals surface area (Å²) in [5.74, 6) is -1.56. The first-order valence-electron chi connectivity index (χ1n) is 6.91. The lowest BCUT2D eigenvalue weighted by molar-refractivity contribution is -0.143. The van der Waals surface area contributed by atoms with Crippen LogP contribution in [0.3, 0.4) is 0 Å². The van der Waals surface area contributed by atoms with Gasteiger partial charge in [0.2, 0.25) is 0 Å². The molecule has 20 heavy (non-hydrogen) atoms. The van der Waals surface area contributed by atoms with Gasteiger partial charge in [-0.15, -0.1) is 0 Å². The van der Waals surface area contributed by atoms with Crippen LogP contribution in [-0.2, 0) is 16.1 Å². The van der Waals surface area contributed by atoms with E-state index in [0.29, 0.717) is 13.2 Å². The summed E-state index contributed by atoms with van der Waals surface area (Å²) in [6.07, 6.45) is 0.935. The quantitative estimate of drug-likeness (QED) is 0.868. The Kier molecular flexibility index (Phi) is 5.09. The third kappa shape index (κ3) is 3.55. The van der Waals surface area contributed by atoms with E-state index in [1.807, 2.05) is 0 Å². The van der Waals surface area contributed by atoms with Gasteiger partial charge in [-0.2, -0.15) is 0 Å². The van der Waals surface area contributed by atoms with E-state index in [0.717, 1.165) is 18.5 Å². The van der Waals surface area contributed by atoms with Gasteiger partial charge < -0.3 is 9.84 Å². The summed E-state index contributed by atoms with van der Waals surface area (Å²) in [5, 5.41) is 9.25. The van der Waals surface area contributed by atoms with Gasteiger partial charge in [-0.25, -0.2) is 4.39 Å². The second-order valence-electron chi connectivity index (χ2n) is 5.15. The van der Waals surface area contributed by atoms with Crippen LogP contribution in [0.4, 0.5) is 4.39 Å². The number of carboxylic acids is 1. The molecule has 0 amide bonds. The summed E-state index contributed by atoms with van der Waals surface area (Å²) in [7, 11) is 0. The summed E-state index contributed by atoms with van der Waals surface area (Å²) < 4.78 is 18.3. The standard InChI is InChI=1S/C15H20FNO3/c1-2-7-17(8-11-3-5-12(16)6-4-11)14-10-20-9-13(14)15(18)19/h3-6,13-14H,2,7-10H2,1H3,(H,18,19). The molecule has 0 aliphatic carbocycles. The Balaban J connectivity index is 2.10. The Hall–Kier alpha value is -1.46. The van der Waals surface area contributed by atoms with Gasteiger partial charge >= 0.3 is 5.97 Å². The Morgan fingerprint density at radius 3 is 2.70 bits per heavy atom. The molecule has 2 rings (SSSR count). The van der Waals surface area contributed by atoms with Crippen LogP contribution in [0.1, 0.15) is 18.9 Å². The molecule has 1 aromatic carbocycles. The summed E-state index contributed by atoms with van der Waals surface area (Å²) in [5.41, 5.74) is 0.982. The van der Waals surface area contributed by atoms with Crippen molar-refractivity contribution < 1.29 is 19.0 Å². The minimum Gasteiger partial charge on any atom is -0.481 e. The molecule has 1 aliphatic rings. The molecule has 0 aromatic heterocycles. The van der Waals surface area contributed by atoms with Crippen LogP contribution in [0.2, 0.25) is 0 Å². The van der Waals surface area contributed by atoms with Crippen LogP contribution in [0.25, 0.3) is 0 Å². The molecule has 0 spiro atoms. The smallest absolute Gasteiger partial charge is 0.310 e. The Morgan fingerprint density at radius 2 is 2.10 bits per heavy atom. The van der Waals surface area contributed by atoms with Crippen molar-refractivity contribution in [3.8, 4) is 0 Å². The average Bonchev–Trinajstić information content (AvgIpc) is 2.90. The summed E-state index contributed by atoms with van der Waals surface area (Å²) in [6, 6.07) is 6.23. The molecule has 2 unspecified atom stereocenters. The van der Waals surface area contributed by atoms with Crippen LogP contribution in [0.5, 0.6) is 0 Å². The van der Waals surface area contributed by atoms with E-state index in [-0.39, 0.29) is 18.5 Å². The molecule has 1 N–H and O–H groups in total. The summed E-state index contributed by atoms with van der Waals surface area (Å²) in [6.45, 7) is 4.19. The van der Waals surface area contributed by atoms with Crippen molar-refractivity contribution >= 4 is 5.97 Å². The number of hydrogen-bond donors (Lipinski definition) is 1. The van der Waals surface area contributed by atoms with Gasteiger partial charge in [0, 0.05) is 12.6 Å². The van der Waals surface area contributed by atoms with Gasteiger partial charge in [0.15, 0.2) is 0 Å². The van der Waals surface area contributed by atoms with Crippen molar-refractivity contribution in [1.29, 1.82) is 0 Å². The minimum absolute atomic E-state index is 0.113. The second kappa shape index (κ2) is 6.81. The maximum absolute atomic E-state index is 12.9. The molecule has 1 saturated heterocycles. The highest BCUT2D eigenvalue weighted by molar-refractivity contribution is 5.71. The number of aliphatic carboxylic acids is 1. The number of ether oxygens (including phenoxy) is 1. The van der Waals surface area contributed by atoms with Crippen LogP contribution >= 0.6 is 0 Å². The number of carbonyl (C=O) groups is 1. The van der Waals surface area contributed by atoms with Crippen LogP contribution in [0.15, 0.2) is 24.3 Å². The van der Waals surface area contributed by atoms with E-state index in [1.165, 1.54) is 12.1 Å². The van der Waals surface area contributed by atoms with Crippen molar-refractivity contribution in [3.63, 3.8) is 0 Å². The molecular formula is C15H20FNO3. The monoisotopic (exact) mass is 281 g/mol. The van der Waals surface area contributed by atoms with Crippen molar-refractivity contribution in [2.24, 2.45) is 5.92 Å². The fourth-order valence-electron chi connectivity index (χ4n) is 2.61. The molecule has 1 aromatic rings. The van der Waals surface area contributed by atoms with Crippen molar-refractivity contribution in [2.45, 2.75) is 25.9 Å². The van der Waals surface area contributed by atoms with Gasteiger partial charge in [0.1, 0.15) is 5.82 Å². The zero-order valence-corrected chi connectivity index (χ0v) is 11.6. The van der Waals surface area contributed by atoms with E-state index < -0.39 is 11.9 Å². The zero-order valence-electron chi connectivity index (χ0n) is 11.6. The maximum Gasteiger partial charge on any atom is 0.310 e. The van der Waals surface area contributed by atoms with E-state index in [9.17, 15) is 14.3 Å². The number of nitrogens with zero attached hydrogens (tertiary/aromatic N) is 1. The number of benzene rings is 1. The molecular weight excluding hydrogens is 261 g/mol. The Bertz CT molecular complexity index is 449. The molecule has 0 saturated carbocycles. The van der Waals surface area contributed by atoms with Crippen molar-refractivity contribution in [3.05, 3.63) is 35.6 Å². The van der Waals surface area contributed by atoms with Crippen LogP contribution < -0.4 is 0 Å². The third-order valence-electron chi connectivity index (χ3n) is 3.65. The Morgan fingerprint density at radius 1 is 1.40 bits per heavy atom. The van der Waals surface area contributed by atoms with E-state index in [2.05, 4.69) is 11.8 Å². The zero-order chi connectivity index (χ0) is 14.5. The van der Waals surface area contributed by atoms with E-state index in [1.54, 1.807) is 12.1 Å². The van der Waals surface area contributed by atoms with Gasteiger partial charge in [0.05, 0.1) is 19.1 Å². The lowest BCUT2D eigenvalue weighted by Crippen LogP contribution is -2.43. The highest BCUT2D eigenvalue weighted by Crippen LogP contribution is 2.22. The van der Waals surface area contributed by atoms with Gasteiger partial charge in [-0.05, 0) is 30.7 Å². The first-order chi connectivity index (χ1) is 9.61. The first-order valence-corrected chi connectivity index (χ1v) is 6.91. The molecule has 0 bridgehead atoms. The fraction of sp³-hybridized carbons (Fsp3) is 0.533. The summed E-state index contributed by atoms with van der Waals surface area (Å²) in [4.78, 5) is 13.4.